The van der Waals surface area contributed by atoms with Crippen molar-refractivity contribution in [1.29, 1.82) is 0 Å². The molecule has 3 N–H and O–H groups in total. The van der Waals surface area contributed by atoms with Crippen molar-refractivity contribution in [3.8, 4) is 0 Å². The third-order valence-electron chi connectivity index (χ3n) is 2.72. The molecular weight excluding hydrogens is 240 g/mol. The molecule has 0 aliphatic rings. The molecule has 0 spiro atoms. The van der Waals surface area contributed by atoms with Crippen LogP contribution in [0.2, 0.25) is 0 Å². The average molecular weight is 256 g/mol. The highest BCUT2D eigenvalue weighted by atomic mass is 16.1. The predicted molar refractivity (Wildman–Crippen MR) is 77.4 cm³/mol. The van der Waals surface area contributed by atoms with Crippen molar-refractivity contribution in [2.45, 2.75) is 0 Å². The van der Waals surface area contributed by atoms with E-state index in [1.165, 1.54) is 0 Å². The van der Waals surface area contributed by atoms with Crippen LogP contribution >= 0.6 is 0 Å². The van der Waals surface area contributed by atoms with Crippen molar-refractivity contribution < 1.29 is 4.79 Å². The molecule has 98 valence electrons. The van der Waals surface area contributed by atoms with Gasteiger partial charge in [0.15, 0.2) is 0 Å². The highest BCUT2D eigenvalue weighted by Crippen LogP contribution is 2.17. The van der Waals surface area contributed by atoms with Crippen LogP contribution < -0.4 is 16.0 Å². The fraction of sp³-hybridized carbons (Fsp3) is 0.143. The first kappa shape index (κ1) is 12.9. The Morgan fingerprint density at radius 1 is 1.21 bits per heavy atom. The minimum Gasteiger partial charge on any atom is -0.383 e. The van der Waals surface area contributed by atoms with E-state index in [9.17, 15) is 4.79 Å². The molecule has 2 aromatic rings. The third kappa shape index (κ3) is 3.01. The Labute approximate surface area is 112 Å². The smallest absolute Gasteiger partial charge is 0.259 e. The number of nitrogens with two attached hydrogens (primary N) is 1. The van der Waals surface area contributed by atoms with Crippen LogP contribution in [0.15, 0.2) is 42.6 Å². The number of benzene rings is 1. The summed E-state index contributed by atoms with van der Waals surface area (Å²) in [5, 5.41) is 2.79. The van der Waals surface area contributed by atoms with Crippen LogP contribution in [-0.4, -0.2) is 25.0 Å². The van der Waals surface area contributed by atoms with Gasteiger partial charge in [-0.05, 0) is 36.4 Å². The van der Waals surface area contributed by atoms with Gasteiger partial charge in [0.25, 0.3) is 5.91 Å². The van der Waals surface area contributed by atoms with Crippen LogP contribution in [0.5, 0.6) is 0 Å². The second kappa shape index (κ2) is 5.39. The zero-order valence-corrected chi connectivity index (χ0v) is 10.9. The molecule has 0 atom stereocenters. The quantitative estimate of drug-likeness (QED) is 0.881. The van der Waals surface area contributed by atoms with Gasteiger partial charge in [-0.2, -0.15) is 0 Å². The van der Waals surface area contributed by atoms with E-state index in [0.717, 1.165) is 11.4 Å². The maximum atomic E-state index is 12.0. The highest BCUT2D eigenvalue weighted by molar-refractivity contribution is 6.07. The van der Waals surface area contributed by atoms with E-state index in [-0.39, 0.29) is 11.7 Å². The summed E-state index contributed by atoms with van der Waals surface area (Å²) in [5.41, 5.74) is 7.82. The maximum Gasteiger partial charge on any atom is 0.259 e. The molecule has 0 saturated heterocycles. The molecular formula is C14H16N4O. The molecule has 0 saturated carbocycles. The number of carbonyl (C=O) groups is 1. The van der Waals surface area contributed by atoms with E-state index in [1.54, 1.807) is 18.3 Å². The number of hydrogen-bond acceptors (Lipinski definition) is 4. The van der Waals surface area contributed by atoms with Crippen molar-refractivity contribution in [2.24, 2.45) is 0 Å². The first-order valence-corrected chi connectivity index (χ1v) is 5.87. The Morgan fingerprint density at radius 2 is 1.89 bits per heavy atom. The molecule has 0 aliphatic heterocycles. The Hall–Kier alpha value is -2.56. The molecule has 0 bridgehead atoms. The van der Waals surface area contributed by atoms with Gasteiger partial charge >= 0.3 is 0 Å². The molecule has 5 heteroatoms. The molecule has 0 unspecified atom stereocenters. The number of rotatable bonds is 3. The van der Waals surface area contributed by atoms with Crippen LogP contribution in [0.4, 0.5) is 17.2 Å². The molecule has 2 rings (SSSR count). The number of pyridine rings is 1. The summed E-state index contributed by atoms with van der Waals surface area (Å²) in [4.78, 5) is 17.9. The lowest BCUT2D eigenvalue weighted by Crippen LogP contribution is -2.15. The lowest BCUT2D eigenvalue weighted by Gasteiger charge is -2.13. The van der Waals surface area contributed by atoms with Gasteiger partial charge in [0.2, 0.25) is 0 Å². The largest absolute Gasteiger partial charge is 0.383 e. The fourth-order valence-corrected chi connectivity index (χ4v) is 1.65. The van der Waals surface area contributed by atoms with E-state index in [1.807, 2.05) is 43.3 Å². The minimum atomic E-state index is -0.261. The second-order valence-electron chi connectivity index (χ2n) is 4.33. The number of nitrogens with one attached hydrogen (secondary N) is 1. The van der Waals surface area contributed by atoms with Gasteiger partial charge in [-0.15, -0.1) is 0 Å². The fourth-order valence-electron chi connectivity index (χ4n) is 1.65. The van der Waals surface area contributed by atoms with Gasteiger partial charge < -0.3 is 16.0 Å². The lowest BCUT2D eigenvalue weighted by molar-refractivity contribution is 0.102. The Bertz CT molecular complexity index is 578. The SMILES string of the molecule is CN(C)c1ccc(NC(=O)c2cccnc2N)cc1. The zero-order chi connectivity index (χ0) is 13.8. The lowest BCUT2D eigenvalue weighted by atomic mass is 10.2. The van der Waals surface area contributed by atoms with Crippen LogP contribution in [0.25, 0.3) is 0 Å². The minimum absolute atomic E-state index is 0.227. The molecule has 1 aromatic carbocycles. The second-order valence-corrected chi connectivity index (χ2v) is 4.33. The molecule has 0 radical (unpaired) electrons. The normalized spacial score (nSPS) is 10.0. The topological polar surface area (TPSA) is 71.2 Å². The van der Waals surface area contributed by atoms with Gasteiger partial charge in [0, 0.05) is 31.7 Å². The summed E-state index contributed by atoms with van der Waals surface area (Å²) in [6.45, 7) is 0. The van der Waals surface area contributed by atoms with Crippen molar-refractivity contribution in [1.82, 2.24) is 4.98 Å². The van der Waals surface area contributed by atoms with Crippen molar-refractivity contribution in [3.05, 3.63) is 48.2 Å². The predicted octanol–water partition coefficient (Wildman–Crippen LogP) is 1.98. The van der Waals surface area contributed by atoms with Gasteiger partial charge in [0.1, 0.15) is 5.82 Å². The molecule has 0 fully saturated rings. The summed E-state index contributed by atoms with van der Waals surface area (Å²) in [6.07, 6.45) is 1.55. The number of aromatic nitrogens is 1. The third-order valence-corrected chi connectivity index (χ3v) is 2.72. The van der Waals surface area contributed by atoms with E-state index in [0.29, 0.717) is 5.56 Å². The summed E-state index contributed by atoms with van der Waals surface area (Å²) in [6, 6.07) is 10.9. The van der Waals surface area contributed by atoms with Crippen LogP contribution in [0, 0.1) is 0 Å². The van der Waals surface area contributed by atoms with E-state index < -0.39 is 0 Å². The van der Waals surface area contributed by atoms with Crippen LogP contribution in [0.3, 0.4) is 0 Å². The molecule has 1 aromatic heterocycles. The first-order chi connectivity index (χ1) is 9.08. The summed E-state index contributed by atoms with van der Waals surface area (Å²) in [7, 11) is 3.92. The van der Waals surface area contributed by atoms with E-state index >= 15 is 0 Å². The molecule has 1 heterocycles. The Kier molecular flexibility index (Phi) is 3.66. The summed E-state index contributed by atoms with van der Waals surface area (Å²) >= 11 is 0. The Morgan fingerprint density at radius 3 is 2.47 bits per heavy atom. The van der Waals surface area contributed by atoms with Gasteiger partial charge in [-0.1, -0.05) is 0 Å². The molecule has 1 amide bonds. The van der Waals surface area contributed by atoms with Crippen LogP contribution in [0.1, 0.15) is 10.4 Å². The summed E-state index contributed by atoms with van der Waals surface area (Å²) < 4.78 is 0. The van der Waals surface area contributed by atoms with Gasteiger partial charge in [0.05, 0.1) is 5.56 Å². The monoisotopic (exact) mass is 256 g/mol. The van der Waals surface area contributed by atoms with E-state index in [4.69, 9.17) is 5.73 Å². The van der Waals surface area contributed by atoms with Crippen molar-refractivity contribution in [2.75, 3.05) is 30.0 Å². The average Bonchev–Trinajstić information content (AvgIpc) is 2.39. The van der Waals surface area contributed by atoms with Gasteiger partial charge in [-0.25, -0.2) is 4.98 Å². The number of carbonyl (C=O) groups excluding carboxylic acids is 1. The standard InChI is InChI=1S/C14H16N4O/c1-18(2)11-7-5-10(6-8-11)17-14(19)12-4-3-9-16-13(12)15/h3-9H,1-2H3,(H2,15,16)(H,17,19). The number of nitrogens with zero attached hydrogens (tertiary/aromatic N) is 2. The number of hydrogen-bond donors (Lipinski definition) is 2. The number of anilines is 3. The van der Waals surface area contributed by atoms with Crippen molar-refractivity contribution >= 4 is 23.1 Å². The zero-order valence-electron chi connectivity index (χ0n) is 10.9. The first-order valence-electron chi connectivity index (χ1n) is 5.87. The van der Waals surface area contributed by atoms with Crippen LogP contribution in [-0.2, 0) is 0 Å². The number of amides is 1. The summed E-state index contributed by atoms with van der Waals surface area (Å²) in [5.74, 6) is -0.0342. The molecule has 5 nitrogen and oxygen atoms in total. The van der Waals surface area contributed by atoms with E-state index in [2.05, 4.69) is 10.3 Å². The maximum absolute atomic E-state index is 12.0. The number of nitrogen functional groups attached to an aromatic ring is 1. The Balaban J connectivity index is 2.13. The molecule has 0 aliphatic carbocycles. The molecule has 19 heavy (non-hydrogen) atoms. The van der Waals surface area contributed by atoms with Crippen molar-refractivity contribution in [3.63, 3.8) is 0 Å². The highest BCUT2D eigenvalue weighted by Gasteiger charge is 2.10. The van der Waals surface area contributed by atoms with Gasteiger partial charge in [-0.3, -0.25) is 4.79 Å².